The van der Waals surface area contributed by atoms with Crippen LogP contribution in [0.15, 0.2) is 97.2 Å². The van der Waals surface area contributed by atoms with Crippen LogP contribution in [0.1, 0.15) is 174 Å². The van der Waals surface area contributed by atoms with Gasteiger partial charge in [-0.05, 0) is 77.0 Å². The molecule has 0 fully saturated rings. The van der Waals surface area contributed by atoms with Crippen LogP contribution in [0, 0.1) is 0 Å². The second-order valence-electron chi connectivity index (χ2n) is 13.7. The number of amides is 1. The summed E-state index contributed by atoms with van der Waals surface area (Å²) < 4.78 is 0. The predicted octanol–water partition coefficient (Wildman–Crippen LogP) is 13.1. The first kappa shape index (κ1) is 48.3. The second kappa shape index (κ2) is 41.7. The Morgan fingerprint density at radius 3 is 1.29 bits per heavy atom. The van der Waals surface area contributed by atoms with E-state index in [4.69, 9.17) is 0 Å². The minimum Gasteiger partial charge on any atom is -0.394 e. The molecule has 3 N–H and O–H groups in total. The highest BCUT2D eigenvalue weighted by Crippen LogP contribution is 2.13. The van der Waals surface area contributed by atoms with Crippen molar-refractivity contribution in [3.8, 4) is 0 Å². The van der Waals surface area contributed by atoms with Crippen molar-refractivity contribution in [3.05, 3.63) is 97.2 Å². The summed E-state index contributed by atoms with van der Waals surface area (Å²) in [6.45, 7) is 4.19. The van der Waals surface area contributed by atoms with Gasteiger partial charge in [0.2, 0.25) is 5.91 Å². The second-order valence-corrected chi connectivity index (χ2v) is 13.7. The molecule has 0 aromatic heterocycles. The summed E-state index contributed by atoms with van der Waals surface area (Å²) in [7, 11) is 0. The van der Waals surface area contributed by atoms with Crippen LogP contribution in [-0.2, 0) is 4.79 Å². The van der Waals surface area contributed by atoms with Gasteiger partial charge in [-0.25, -0.2) is 0 Å². The van der Waals surface area contributed by atoms with Crippen LogP contribution in [0.4, 0.5) is 0 Å². The molecular formula is C47H79NO3. The van der Waals surface area contributed by atoms with Crippen LogP contribution in [0.3, 0.4) is 0 Å². The van der Waals surface area contributed by atoms with Crippen LogP contribution < -0.4 is 5.32 Å². The largest absolute Gasteiger partial charge is 0.394 e. The average Bonchev–Trinajstić information content (AvgIpc) is 3.13. The molecular weight excluding hydrogens is 627 g/mol. The normalized spacial score (nSPS) is 14.0. The molecule has 290 valence electrons. The maximum Gasteiger partial charge on any atom is 0.220 e. The number of unbranched alkanes of at least 4 members (excludes halogenated alkanes) is 13. The van der Waals surface area contributed by atoms with Gasteiger partial charge in [-0.3, -0.25) is 4.79 Å². The number of aliphatic hydroxyl groups excluding tert-OH is 2. The molecule has 1 amide bonds. The number of aliphatic hydroxyl groups is 2. The molecule has 0 saturated heterocycles. The van der Waals surface area contributed by atoms with Crippen LogP contribution in [-0.4, -0.2) is 34.9 Å². The molecule has 0 saturated carbocycles. The Balaban J connectivity index is 3.64. The Kier molecular flexibility index (Phi) is 39.5. The third kappa shape index (κ3) is 38.4. The van der Waals surface area contributed by atoms with E-state index in [0.29, 0.717) is 12.8 Å². The summed E-state index contributed by atoms with van der Waals surface area (Å²) in [6, 6.07) is -0.548. The van der Waals surface area contributed by atoms with Gasteiger partial charge in [0, 0.05) is 6.42 Å². The van der Waals surface area contributed by atoms with Crippen molar-refractivity contribution in [2.24, 2.45) is 0 Å². The quantitative estimate of drug-likeness (QED) is 0.0449. The molecule has 2 unspecified atom stereocenters. The van der Waals surface area contributed by atoms with Crippen LogP contribution >= 0.6 is 0 Å². The number of hydrogen-bond donors (Lipinski definition) is 3. The molecule has 0 aliphatic rings. The first-order valence-electron chi connectivity index (χ1n) is 20.9. The highest BCUT2D eigenvalue weighted by molar-refractivity contribution is 5.76. The van der Waals surface area contributed by atoms with Crippen LogP contribution in [0.25, 0.3) is 0 Å². The Bertz CT molecular complexity index is 983. The molecule has 0 aliphatic carbocycles. The first-order chi connectivity index (χ1) is 25.2. The van der Waals surface area contributed by atoms with Crippen molar-refractivity contribution in [2.45, 2.75) is 187 Å². The summed E-state index contributed by atoms with van der Waals surface area (Å²) in [5.41, 5.74) is 0. The number of carbonyl (C=O) groups excluding carboxylic acids is 1. The fourth-order valence-corrected chi connectivity index (χ4v) is 5.67. The van der Waals surface area contributed by atoms with E-state index in [9.17, 15) is 15.0 Å². The summed E-state index contributed by atoms with van der Waals surface area (Å²) in [5.74, 6) is -0.0550. The zero-order chi connectivity index (χ0) is 37.1. The number of hydrogen-bond acceptors (Lipinski definition) is 3. The SMILES string of the molecule is CC/C=C\C/C=C\C/C=C\C/C=C\C/C=C\C/C=C\C/C=C\C/C=C\CCCCCCCCC(=O)NC(CO)C(O)CCCCCCCCCC. The zero-order valence-corrected chi connectivity index (χ0v) is 33.1. The van der Waals surface area contributed by atoms with Crippen LogP contribution in [0.5, 0.6) is 0 Å². The monoisotopic (exact) mass is 706 g/mol. The standard InChI is InChI=1S/C47H79NO3/c1-3-5-7-9-11-13-14-15-16-17-18-19-20-21-22-23-24-25-26-27-28-29-30-31-32-33-34-35-37-39-41-43-47(51)48-45(44-49)46(50)42-40-38-36-12-10-8-6-4-2/h5,7,11,13,15-16,18-19,21-22,24-25,27-28,30-31,45-46,49-50H,3-4,6,8-10,12,14,17,20,23,26,29,32-44H2,1-2H3,(H,48,51)/b7-5-,13-11-,16-15-,19-18-,22-21-,25-24-,28-27-,31-30-. The van der Waals surface area contributed by atoms with E-state index < -0.39 is 12.1 Å². The summed E-state index contributed by atoms with van der Waals surface area (Å²) in [5, 5.41) is 22.9. The highest BCUT2D eigenvalue weighted by Gasteiger charge is 2.19. The zero-order valence-electron chi connectivity index (χ0n) is 33.1. The lowest BCUT2D eigenvalue weighted by molar-refractivity contribution is -0.123. The number of allylic oxidation sites excluding steroid dienone is 16. The Hall–Kier alpha value is -2.69. The maximum absolute atomic E-state index is 12.3. The molecule has 51 heavy (non-hydrogen) atoms. The Labute approximate surface area is 315 Å². The van der Waals surface area contributed by atoms with E-state index in [1.807, 2.05) is 0 Å². The van der Waals surface area contributed by atoms with Gasteiger partial charge in [0.05, 0.1) is 18.8 Å². The molecule has 0 radical (unpaired) electrons. The number of carbonyl (C=O) groups is 1. The molecule has 0 aromatic carbocycles. The smallest absolute Gasteiger partial charge is 0.220 e. The van der Waals surface area contributed by atoms with E-state index in [1.165, 1.54) is 57.8 Å². The van der Waals surface area contributed by atoms with Gasteiger partial charge in [0.25, 0.3) is 0 Å². The third-order valence-corrected chi connectivity index (χ3v) is 8.86. The maximum atomic E-state index is 12.3. The molecule has 0 heterocycles. The lowest BCUT2D eigenvalue weighted by Crippen LogP contribution is -2.45. The fraction of sp³-hybridized carbons (Fsp3) is 0.638. The van der Waals surface area contributed by atoms with Gasteiger partial charge in [-0.1, -0.05) is 188 Å². The predicted molar refractivity (Wildman–Crippen MR) is 225 cm³/mol. The van der Waals surface area contributed by atoms with Crippen molar-refractivity contribution < 1.29 is 15.0 Å². The summed E-state index contributed by atoms with van der Waals surface area (Å²) >= 11 is 0. The molecule has 0 spiro atoms. The van der Waals surface area contributed by atoms with Crippen molar-refractivity contribution >= 4 is 5.91 Å². The van der Waals surface area contributed by atoms with Crippen molar-refractivity contribution in [2.75, 3.05) is 6.61 Å². The van der Waals surface area contributed by atoms with E-state index in [2.05, 4.69) is 116 Å². The first-order valence-corrected chi connectivity index (χ1v) is 20.9. The minimum absolute atomic E-state index is 0.0550. The fourth-order valence-electron chi connectivity index (χ4n) is 5.67. The lowest BCUT2D eigenvalue weighted by atomic mass is 10.0. The Morgan fingerprint density at radius 1 is 0.490 bits per heavy atom. The van der Waals surface area contributed by atoms with Crippen molar-refractivity contribution in [3.63, 3.8) is 0 Å². The summed E-state index contributed by atoms with van der Waals surface area (Å²) in [6.07, 6.45) is 62.0. The van der Waals surface area contributed by atoms with E-state index >= 15 is 0 Å². The average molecular weight is 706 g/mol. The van der Waals surface area contributed by atoms with Gasteiger partial charge in [0.1, 0.15) is 0 Å². The molecule has 4 nitrogen and oxygen atoms in total. The van der Waals surface area contributed by atoms with Gasteiger partial charge in [-0.2, -0.15) is 0 Å². The third-order valence-electron chi connectivity index (χ3n) is 8.86. The number of nitrogens with one attached hydrogen (secondary N) is 1. The van der Waals surface area contributed by atoms with Gasteiger partial charge in [0.15, 0.2) is 0 Å². The van der Waals surface area contributed by atoms with Gasteiger partial charge < -0.3 is 15.5 Å². The molecule has 4 heteroatoms. The van der Waals surface area contributed by atoms with E-state index in [-0.39, 0.29) is 12.5 Å². The van der Waals surface area contributed by atoms with Crippen molar-refractivity contribution in [1.29, 1.82) is 0 Å². The Morgan fingerprint density at radius 2 is 0.863 bits per heavy atom. The summed E-state index contributed by atoms with van der Waals surface area (Å²) in [4.78, 5) is 12.3. The molecule has 0 aliphatic heterocycles. The van der Waals surface area contributed by atoms with E-state index in [0.717, 1.165) is 89.9 Å². The molecule has 0 aromatic rings. The molecule has 2 atom stereocenters. The molecule has 0 bridgehead atoms. The van der Waals surface area contributed by atoms with E-state index in [1.54, 1.807) is 0 Å². The molecule has 0 rings (SSSR count). The van der Waals surface area contributed by atoms with Gasteiger partial charge >= 0.3 is 0 Å². The minimum atomic E-state index is -0.669. The van der Waals surface area contributed by atoms with Crippen molar-refractivity contribution in [1.82, 2.24) is 5.32 Å². The van der Waals surface area contributed by atoms with Gasteiger partial charge in [-0.15, -0.1) is 0 Å². The number of rotatable bonds is 36. The highest BCUT2D eigenvalue weighted by atomic mass is 16.3. The lowest BCUT2D eigenvalue weighted by Gasteiger charge is -2.22. The topological polar surface area (TPSA) is 69.6 Å². The van der Waals surface area contributed by atoms with Crippen LogP contribution in [0.2, 0.25) is 0 Å².